The zero-order chi connectivity index (χ0) is 10.4. The molecule has 0 bridgehead atoms. The lowest BCUT2D eigenvalue weighted by molar-refractivity contribution is 0.113. The van der Waals surface area contributed by atoms with Gasteiger partial charge in [0.2, 0.25) is 0 Å². The second-order valence-electron chi connectivity index (χ2n) is 4.59. The largest absolute Gasteiger partial charge is 0.380 e. The molecular formula is C11H24N2O. The molecule has 0 heterocycles. The molecule has 0 radical (unpaired) electrons. The van der Waals surface area contributed by atoms with Crippen LogP contribution in [0.15, 0.2) is 0 Å². The molecule has 1 rings (SSSR count). The summed E-state index contributed by atoms with van der Waals surface area (Å²) in [5.74, 6) is 0. The summed E-state index contributed by atoms with van der Waals surface area (Å²) in [6, 6.07) is 0. The Balaban J connectivity index is 2.21. The third-order valence-corrected chi connectivity index (χ3v) is 3.43. The van der Waals surface area contributed by atoms with Gasteiger partial charge in [0.1, 0.15) is 0 Å². The molecule has 1 aliphatic rings. The minimum atomic E-state index is 0.297. The van der Waals surface area contributed by atoms with Crippen LogP contribution in [0.4, 0.5) is 0 Å². The maximum Gasteiger partial charge on any atom is 0.0667 e. The van der Waals surface area contributed by atoms with Crippen LogP contribution in [-0.2, 0) is 4.74 Å². The third-order valence-electron chi connectivity index (χ3n) is 3.43. The highest BCUT2D eigenvalue weighted by atomic mass is 16.5. The SMILES string of the molecule is COC(C)CNCC1(CN)CCCC1. The number of ether oxygens (including phenoxy) is 1. The Hall–Kier alpha value is -0.120. The van der Waals surface area contributed by atoms with Crippen molar-refractivity contribution in [2.24, 2.45) is 11.1 Å². The highest BCUT2D eigenvalue weighted by Crippen LogP contribution is 2.36. The summed E-state index contributed by atoms with van der Waals surface area (Å²) in [6.45, 7) is 4.88. The fourth-order valence-electron chi connectivity index (χ4n) is 2.20. The Labute approximate surface area is 87.4 Å². The molecule has 0 aromatic heterocycles. The predicted octanol–water partition coefficient (Wildman–Crippen LogP) is 1.13. The average Bonchev–Trinajstić information content (AvgIpc) is 2.67. The zero-order valence-electron chi connectivity index (χ0n) is 9.51. The van der Waals surface area contributed by atoms with Gasteiger partial charge < -0.3 is 15.8 Å². The lowest BCUT2D eigenvalue weighted by Crippen LogP contribution is -2.40. The summed E-state index contributed by atoms with van der Waals surface area (Å²) in [4.78, 5) is 0. The van der Waals surface area contributed by atoms with Crippen LogP contribution in [0.5, 0.6) is 0 Å². The molecule has 3 N–H and O–H groups in total. The van der Waals surface area contributed by atoms with Gasteiger partial charge in [-0.25, -0.2) is 0 Å². The number of nitrogens with one attached hydrogen (secondary N) is 1. The van der Waals surface area contributed by atoms with Gasteiger partial charge in [-0.3, -0.25) is 0 Å². The summed E-state index contributed by atoms with van der Waals surface area (Å²) in [6.07, 6.45) is 5.57. The van der Waals surface area contributed by atoms with Crippen molar-refractivity contribution >= 4 is 0 Å². The van der Waals surface area contributed by atoms with Gasteiger partial charge >= 0.3 is 0 Å². The normalized spacial score (nSPS) is 22.5. The monoisotopic (exact) mass is 200 g/mol. The Kier molecular flexibility index (Phi) is 4.85. The molecule has 0 spiro atoms. The van der Waals surface area contributed by atoms with Crippen LogP contribution < -0.4 is 11.1 Å². The lowest BCUT2D eigenvalue weighted by Gasteiger charge is -2.28. The van der Waals surface area contributed by atoms with Crippen LogP contribution in [0.1, 0.15) is 32.6 Å². The zero-order valence-corrected chi connectivity index (χ0v) is 9.51. The summed E-state index contributed by atoms with van der Waals surface area (Å²) in [5, 5.41) is 3.46. The number of hydrogen-bond acceptors (Lipinski definition) is 3. The van der Waals surface area contributed by atoms with Crippen molar-refractivity contribution in [2.75, 3.05) is 26.7 Å². The molecule has 1 aliphatic carbocycles. The Morgan fingerprint density at radius 3 is 2.57 bits per heavy atom. The van der Waals surface area contributed by atoms with Crippen LogP contribution >= 0.6 is 0 Å². The summed E-state index contributed by atoms with van der Waals surface area (Å²) in [7, 11) is 1.75. The Morgan fingerprint density at radius 2 is 2.07 bits per heavy atom. The van der Waals surface area contributed by atoms with Crippen LogP contribution in [0.2, 0.25) is 0 Å². The van der Waals surface area contributed by atoms with Crippen molar-refractivity contribution in [3.05, 3.63) is 0 Å². The molecule has 1 saturated carbocycles. The standard InChI is InChI=1S/C11H24N2O/c1-10(14-2)7-13-9-11(8-12)5-3-4-6-11/h10,13H,3-9,12H2,1-2H3. The van der Waals surface area contributed by atoms with Crippen molar-refractivity contribution in [1.82, 2.24) is 5.32 Å². The number of nitrogens with two attached hydrogens (primary N) is 1. The van der Waals surface area contributed by atoms with E-state index in [2.05, 4.69) is 12.2 Å². The first kappa shape index (κ1) is 12.0. The van der Waals surface area contributed by atoms with Crippen LogP contribution in [0.3, 0.4) is 0 Å². The molecule has 3 nitrogen and oxygen atoms in total. The molecule has 1 unspecified atom stereocenters. The maximum atomic E-state index is 5.85. The van der Waals surface area contributed by atoms with E-state index >= 15 is 0 Å². The van der Waals surface area contributed by atoms with Crippen molar-refractivity contribution in [3.8, 4) is 0 Å². The van der Waals surface area contributed by atoms with Crippen LogP contribution in [0.25, 0.3) is 0 Å². The molecule has 0 aromatic rings. The first-order valence-corrected chi connectivity index (χ1v) is 5.66. The van der Waals surface area contributed by atoms with E-state index in [0.29, 0.717) is 11.5 Å². The van der Waals surface area contributed by atoms with Gasteiger partial charge in [0.25, 0.3) is 0 Å². The minimum absolute atomic E-state index is 0.297. The van der Waals surface area contributed by atoms with E-state index < -0.39 is 0 Å². The second-order valence-corrected chi connectivity index (χ2v) is 4.59. The van der Waals surface area contributed by atoms with E-state index in [0.717, 1.165) is 19.6 Å². The molecule has 0 aliphatic heterocycles. The molecule has 1 fully saturated rings. The summed E-state index contributed by atoms with van der Waals surface area (Å²) >= 11 is 0. The molecule has 14 heavy (non-hydrogen) atoms. The molecule has 0 aromatic carbocycles. The lowest BCUT2D eigenvalue weighted by atomic mass is 9.86. The highest BCUT2D eigenvalue weighted by Gasteiger charge is 2.31. The first-order valence-electron chi connectivity index (χ1n) is 5.66. The fourth-order valence-corrected chi connectivity index (χ4v) is 2.20. The van der Waals surface area contributed by atoms with Gasteiger partial charge in [-0.05, 0) is 31.7 Å². The van der Waals surface area contributed by atoms with E-state index in [4.69, 9.17) is 10.5 Å². The fraction of sp³-hybridized carbons (Fsp3) is 1.00. The van der Waals surface area contributed by atoms with Gasteiger partial charge in [-0.1, -0.05) is 12.8 Å². The van der Waals surface area contributed by atoms with Crippen molar-refractivity contribution in [2.45, 2.75) is 38.7 Å². The van der Waals surface area contributed by atoms with Crippen LogP contribution in [0, 0.1) is 5.41 Å². The van der Waals surface area contributed by atoms with Crippen molar-refractivity contribution in [3.63, 3.8) is 0 Å². The molecule has 0 amide bonds. The van der Waals surface area contributed by atoms with Gasteiger partial charge in [0, 0.05) is 20.2 Å². The summed E-state index contributed by atoms with van der Waals surface area (Å²) < 4.78 is 5.19. The van der Waals surface area contributed by atoms with E-state index in [1.807, 2.05) is 0 Å². The molecule has 0 saturated heterocycles. The van der Waals surface area contributed by atoms with E-state index in [1.54, 1.807) is 7.11 Å². The smallest absolute Gasteiger partial charge is 0.0667 e. The molecule has 1 atom stereocenters. The van der Waals surface area contributed by atoms with Crippen molar-refractivity contribution in [1.29, 1.82) is 0 Å². The van der Waals surface area contributed by atoms with Crippen molar-refractivity contribution < 1.29 is 4.74 Å². The van der Waals surface area contributed by atoms with E-state index in [1.165, 1.54) is 25.7 Å². The Bertz CT molecular complexity index is 155. The second kappa shape index (κ2) is 5.69. The van der Waals surface area contributed by atoms with Gasteiger partial charge in [0.05, 0.1) is 6.10 Å². The quantitative estimate of drug-likeness (QED) is 0.675. The third kappa shape index (κ3) is 3.23. The molecule has 84 valence electrons. The molecule has 3 heteroatoms. The van der Waals surface area contributed by atoms with E-state index in [-0.39, 0.29) is 0 Å². The summed E-state index contributed by atoms with van der Waals surface area (Å²) in [5.41, 5.74) is 6.23. The number of hydrogen-bond donors (Lipinski definition) is 2. The average molecular weight is 200 g/mol. The maximum absolute atomic E-state index is 5.85. The number of methoxy groups -OCH3 is 1. The van der Waals surface area contributed by atoms with Gasteiger partial charge in [0.15, 0.2) is 0 Å². The molecular weight excluding hydrogens is 176 g/mol. The highest BCUT2D eigenvalue weighted by molar-refractivity contribution is 4.87. The predicted molar refractivity (Wildman–Crippen MR) is 59.3 cm³/mol. The van der Waals surface area contributed by atoms with Gasteiger partial charge in [-0.15, -0.1) is 0 Å². The van der Waals surface area contributed by atoms with Crippen LogP contribution in [-0.4, -0.2) is 32.8 Å². The van der Waals surface area contributed by atoms with E-state index in [9.17, 15) is 0 Å². The number of rotatable bonds is 6. The first-order chi connectivity index (χ1) is 6.72. The van der Waals surface area contributed by atoms with Gasteiger partial charge in [-0.2, -0.15) is 0 Å². The topological polar surface area (TPSA) is 47.3 Å². The Morgan fingerprint density at radius 1 is 1.43 bits per heavy atom. The minimum Gasteiger partial charge on any atom is -0.380 e.